The van der Waals surface area contributed by atoms with Crippen LogP contribution in [0.5, 0.6) is 0 Å². The van der Waals surface area contributed by atoms with E-state index in [0.29, 0.717) is 17.8 Å². The Morgan fingerprint density at radius 1 is 1.25 bits per heavy atom. The fraction of sp³-hybridized carbons (Fsp3) is 0.412. The Morgan fingerprint density at radius 2 is 1.92 bits per heavy atom. The van der Waals surface area contributed by atoms with Gasteiger partial charge in [-0.15, -0.1) is 12.4 Å². The highest BCUT2D eigenvalue weighted by atomic mass is 35.5. The molecule has 1 atom stereocenters. The van der Waals surface area contributed by atoms with Crippen LogP contribution in [0.1, 0.15) is 25.5 Å². The molecule has 1 aromatic carbocycles. The Morgan fingerprint density at radius 3 is 2.50 bits per heavy atom. The summed E-state index contributed by atoms with van der Waals surface area (Å²) in [6, 6.07) is 8.60. The van der Waals surface area contributed by atoms with Crippen LogP contribution in [0.3, 0.4) is 0 Å². The maximum Gasteiger partial charge on any atom is 0.338 e. The van der Waals surface area contributed by atoms with Gasteiger partial charge in [0.2, 0.25) is 0 Å². The lowest BCUT2D eigenvalue weighted by atomic mass is 9.95. The van der Waals surface area contributed by atoms with E-state index in [2.05, 4.69) is 10.6 Å². The van der Waals surface area contributed by atoms with Gasteiger partial charge < -0.3 is 20.3 Å². The number of ether oxygens (including phenoxy) is 1. The van der Waals surface area contributed by atoms with E-state index in [0.717, 1.165) is 12.1 Å². The molecule has 2 N–H and O–H groups in total. The Labute approximate surface area is 148 Å². The highest BCUT2D eigenvalue weighted by Crippen LogP contribution is 2.27. The molecule has 7 heteroatoms. The van der Waals surface area contributed by atoms with Crippen molar-refractivity contribution < 1.29 is 14.3 Å². The molecule has 24 heavy (non-hydrogen) atoms. The molecule has 1 aliphatic heterocycles. The Hall–Kier alpha value is -2.05. The van der Waals surface area contributed by atoms with Gasteiger partial charge in [0.25, 0.3) is 0 Å². The van der Waals surface area contributed by atoms with Crippen molar-refractivity contribution in [3.05, 3.63) is 47.2 Å². The van der Waals surface area contributed by atoms with Crippen molar-refractivity contribution in [2.75, 3.05) is 26.7 Å². The van der Waals surface area contributed by atoms with Crippen molar-refractivity contribution >= 4 is 24.4 Å². The van der Waals surface area contributed by atoms with Crippen molar-refractivity contribution in [1.29, 1.82) is 0 Å². The topological polar surface area (TPSA) is 70.7 Å². The molecule has 0 aromatic heterocycles. The van der Waals surface area contributed by atoms with Crippen LogP contribution in [-0.4, -0.2) is 43.6 Å². The van der Waals surface area contributed by atoms with Gasteiger partial charge >= 0.3 is 12.0 Å². The zero-order valence-corrected chi connectivity index (χ0v) is 15.0. The van der Waals surface area contributed by atoms with Crippen molar-refractivity contribution in [3.63, 3.8) is 0 Å². The van der Waals surface area contributed by atoms with E-state index >= 15 is 0 Å². The summed E-state index contributed by atoms with van der Waals surface area (Å²) in [7, 11) is 1.93. The van der Waals surface area contributed by atoms with Crippen LogP contribution in [0.25, 0.3) is 0 Å². The summed E-state index contributed by atoms with van der Waals surface area (Å²) in [4.78, 5) is 26.5. The SMILES string of the molecule is CCOC(=O)C1=C(CN(C)CC)NC(=O)NC1c1ccccc1.Cl. The van der Waals surface area contributed by atoms with Crippen LogP contribution in [0, 0.1) is 0 Å². The number of hydrogen-bond donors (Lipinski definition) is 2. The summed E-state index contributed by atoms with van der Waals surface area (Å²) in [5.41, 5.74) is 1.89. The van der Waals surface area contributed by atoms with Crippen molar-refractivity contribution in [2.24, 2.45) is 0 Å². The van der Waals surface area contributed by atoms with Crippen molar-refractivity contribution in [1.82, 2.24) is 15.5 Å². The van der Waals surface area contributed by atoms with Crippen molar-refractivity contribution in [3.8, 4) is 0 Å². The van der Waals surface area contributed by atoms with Crippen LogP contribution >= 0.6 is 12.4 Å². The smallest absolute Gasteiger partial charge is 0.338 e. The van der Waals surface area contributed by atoms with Gasteiger partial charge in [-0.1, -0.05) is 37.3 Å². The molecule has 1 aliphatic rings. The number of nitrogens with one attached hydrogen (secondary N) is 2. The van der Waals surface area contributed by atoms with Gasteiger partial charge in [-0.3, -0.25) is 0 Å². The molecular formula is C17H24ClN3O3. The molecule has 1 heterocycles. The van der Waals surface area contributed by atoms with E-state index in [9.17, 15) is 9.59 Å². The number of hydrogen-bond acceptors (Lipinski definition) is 4. The molecule has 0 radical (unpaired) electrons. The minimum atomic E-state index is -0.510. The number of carbonyl (C=O) groups excluding carboxylic acids is 2. The number of likely N-dealkylation sites (N-methyl/N-ethyl adjacent to an activating group) is 1. The zero-order valence-electron chi connectivity index (χ0n) is 14.2. The zero-order chi connectivity index (χ0) is 16.8. The predicted molar refractivity (Wildman–Crippen MR) is 94.9 cm³/mol. The molecule has 1 unspecified atom stereocenters. The largest absolute Gasteiger partial charge is 0.463 e. The van der Waals surface area contributed by atoms with E-state index in [1.54, 1.807) is 6.92 Å². The lowest BCUT2D eigenvalue weighted by Gasteiger charge is -2.31. The van der Waals surface area contributed by atoms with Crippen molar-refractivity contribution in [2.45, 2.75) is 19.9 Å². The monoisotopic (exact) mass is 353 g/mol. The first-order valence-electron chi connectivity index (χ1n) is 7.78. The van der Waals surface area contributed by atoms with Gasteiger partial charge in [-0.05, 0) is 26.1 Å². The van der Waals surface area contributed by atoms with Crippen LogP contribution in [0.4, 0.5) is 4.79 Å². The molecule has 0 fully saturated rings. The molecule has 0 aliphatic carbocycles. The third kappa shape index (κ3) is 4.72. The standard InChI is InChI=1S/C17H23N3O3.ClH/c1-4-20(3)11-13-14(16(21)23-5-2)15(19-17(22)18-13)12-9-7-6-8-10-12;/h6-10,15H,4-5,11H2,1-3H3,(H2,18,19,22);1H. The summed E-state index contributed by atoms with van der Waals surface area (Å²) in [6.07, 6.45) is 0. The Bertz CT molecular complexity index is 604. The van der Waals surface area contributed by atoms with Crippen LogP contribution < -0.4 is 10.6 Å². The molecule has 6 nitrogen and oxygen atoms in total. The lowest BCUT2D eigenvalue weighted by Crippen LogP contribution is -2.48. The molecule has 0 saturated heterocycles. The fourth-order valence-electron chi connectivity index (χ4n) is 2.47. The molecule has 0 saturated carbocycles. The number of carbonyl (C=O) groups is 2. The van der Waals surface area contributed by atoms with Gasteiger partial charge in [0, 0.05) is 12.2 Å². The lowest BCUT2D eigenvalue weighted by molar-refractivity contribution is -0.139. The number of amides is 2. The van der Waals surface area contributed by atoms with Gasteiger partial charge in [0.1, 0.15) is 0 Å². The van der Waals surface area contributed by atoms with Gasteiger partial charge in [-0.25, -0.2) is 9.59 Å². The van der Waals surface area contributed by atoms with Crippen LogP contribution in [0.15, 0.2) is 41.6 Å². The second-order valence-electron chi connectivity index (χ2n) is 5.39. The van der Waals surface area contributed by atoms with E-state index < -0.39 is 12.0 Å². The average molecular weight is 354 g/mol. The van der Waals surface area contributed by atoms with E-state index in [1.807, 2.05) is 49.2 Å². The molecule has 132 valence electrons. The fourth-order valence-corrected chi connectivity index (χ4v) is 2.47. The number of benzene rings is 1. The molecule has 0 spiro atoms. The van der Waals surface area contributed by atoms with Gasteiger partial charge in [-0.2, -0.15) is 0 Å². The number of rotatable bonds is 6. The quantitative estimate of drug-likeness (QED) is 0.769. The first-order valence-corrected chi connectivity index (χ1v) is 7.78. The second-order valence-corrected chi connectivity index (χ2v) is 5.39. The van der Waals surface area contributed by atoms with E-state index in [4.69, 9.17) is 4.74 Å². The Kier molecular flexibility index (Phi) is 7.74. The third-order valence-corrected chi connectivity index (χ3v) is 3.75. The number of nitrogens with zero attached hydrogens (tertiary/aromatic N) is 1. The highest BCUT2D eigenvalue weighted by molar-refractivity contribution is 5.95. The minimum Gasteiger partial charge on any atom is -0.463 e. The summed E-state index contributed by atoms with van der Waals surface area (Å²) in [5.74, 6) is -0.409. The molecule has 1 aromatic rings. The molecule has 2 amide bonds. The number of halogens is 1. The van der Waals surface area contributed by atoms with E-state index in [1.165, 1.54) is 0 Å². The maximum absolute atomic E-state index is 12.5. The van der Waals surface area contributed by atoms with Crippen LogP contribution in [0.2, 0.25) is 0 Å². The summed E-state index contributed by atoms with van der Waals surface area (Å²) in [5, 5.41) is 5.57. The van der Waals surface area contributed by atoms with E-state index in [-0.39, 0.29) is 25.0 Å². The van der Waals surface area contributed by atoms with Gasteiger partial charge in [0.15, 0.2) is 0 Å². The summed E-state index contributed by atoms with van der Waals surface area (Å²) >= 11 is 0. The summed E-state index contributed by atoms with van der Waals surface area (Å²) < 4.78 is 5.21. The maximum atomic E-state index is 12.5. The highest BCUT2D eigenvalue weighted by Gasteiger charge is 2.33. The second kappa shape index (κ2) is 9.30. The third-order valence-electron chi connectivity index (χ3n) is 3.75. The molecule has 0 bridgehead atoms. The minimum absolute atomic E-state index is 0. The molecule has 2 rings (SSSR count). The van der Waals surface area contributed by atoms with Crippen LogP contribution in [-0.2, 0) is 9.53 Å². The molecular weight excluding hydrogens is 330 g/mol. The normalized spacial score (nSPS) is 17.0. The number of urea groups is 1. The predicted octanol–water partition coefficient (Wildman–Crippen LogP) is 2.23. The summed E-state index contributed by atoms with van der Waals surface area (Å²) in [6.45, 7) is 5.35. The first kappa shape index (κ1) is 20.0. The number of esters is 1. The van der Waals surface area contributed by atoms with Gasteiger partial charge in [0.05, 0.1) is 18.2 Å². The Balaban J connectivity index is 0.00000288. The average Bonchev–Trinajstić information content (AvgIpc) is 2.55. The first-order chi connectivity index (χ1) is 11.1.